The molecule has 2 heteroatoms. The first kappa shape index (κ1) is 15.7. The second-order valence-electron chi connectivity index (χ2n) is 4.60. The number of hydrogen-bond acceptors (Lipinski definition) is 2. The van der Waals surface area contributed by atoms with Crippen LogP contribution in [0, 0.1) is 0 Å². The van der Waals surface area contributed by atoms with Crippen molar-refractivity contribution in [3.63, 3.8) is 0 Å². The molecule has 0 aromatic heterocycles. The van der Waals surface area contributed by atoms with E-state index in [-0.39, 0.29) is 6.10 Å². The number of ether oxygens (including phenoxy) is 1. The number of rotatable bonds is 8. The molecule has 0 saturated heterocycles. The Morgan fingerprint density at radius 1 is 1.24 bits per heavy atom. The predicted octanol–water partition coefficient (Wildman–Crippen LogP) is 3.75. The van der Waals surface area contributed by atoms with Gasteiger partial charge in [-0.3, -0.25) is 0 Å². The summed E-state index contributed by atoms with van der Waals surface area (Å²) in [6.07, 6.45) is 2.44. The molecular weight excluding hydrogens is 212 g/mol. The van der Waals surface area contributed by atoms with Crippen molar-refractivity contribution in [2.24, 2.45) is 0 Å². The van der Waals surface area contributed by atoms with Gasteiger partial charge < -0.3 is 9.84 Å². The molecule has 0 amide bonds. The van der Waals surface area contributed by atoms with E-state index in [0.29, 0.717) is 24.0 Å². The molecule has 1 atom stereocenters. The van der Waals surface area contributed by atoms with Gasteiger partial charge in [-0.15, -0.1) is 0 Å². The largest absolute Gasteiger partial charge is 0.494 e. The van der Waals surface area contributed by atoms with E-state index in [0.717, 1.165) is 5.57 Å². The van der Waals surface area contributed by atoms with E-state index in [1.54, 1.807) is 13.8 Å². The van der Waals surface area contributed by atoms with Crippen molar-refractivity contribution in [2.45, 2.75) is 45.3 Å². The van der Waals surface area contributed by atoms with Crippen LogP contribution in [0.2, 0.25) is 0 Å². The fourth-order valence-electron chi connectivity index (χ4n) is 1.68. The lowest BCUT2D eigenvalue weighted by Crippen LogP contribution is -2.32. The molecule has 0 radical (unpaired) electrons. The minimum absolute atomic E-state index is 0.127. The van der Waals surface area contributed by atoms with Crippen LogP contribution < -0.4 is 0 Å². The Hall–Kier alpha value is -1.28. The van der Waals surface area contributed by atoms with Gasteiger partial charge in [-0.25, -0.2) is 0 Å². The molecule has 1 N–H and O–H groups in total. The Kier molecular flexibility index (Phi) is 5.97. The first-order valence-electron chi connectivity index (χ1n) is 5.71. The predicted molar refractivity (Wildman–Crippen MR) is 73.7 cm³/mol. The Balaban J connectivity index is 4.70. The maximum absolute atomic E-state index is 10.5. The smallest absolute Gasteiger partial charge is 0.118 e. The van der Waals surface area contributed by atoms with Crippen LogP contribution in [-0.4, -0.2) is 16.8 Å². The molecule has 0 fully saturated rings. The summed E-state index contributed by atoms with van der Waals surface area (Å²) in [4.78, 5) is 0. The summed E-state index contributed by atoms with van der Waals surface area (Å²) >= 11 is 0. The lowest BCUT2D eigenvalue weighted by Gasteiger charge is -2.31. The molecule has 2 nitrogen and oxygen atoms in total. The van der Waals surface area contributed by atoms with Gasteiger partial charge in [-0.05, 0) is 50.3 Å². The van der Waals surface area contributed by atoms with Crippen LogP contribution in [-0.2, 0) is 4.74 Å². The van der Waals surface area contributed by atoms with Crippen LogP contribution in [0.15, 0.2) is 49.3 Å². The molecule has 96 valence electrons. The van der Waals surface area contributed by atoms with Crippen molar-refractivity contribution in [3.8, 4) is 0 Å². The summed E-state index contributed by atoms with van der Waals surface area (Å²) in [7, 11) is 0. The molecule has 0 aromatic carbocycles. The van der Waals surface area contributed by atoms with Gasteiger partial charge in [0.1, 0.15) is 11.7 Å². The highest BCUT2D eigenvalue weighted by molar-refractivity contribution is 5.25. The van der Waals surface area contributed by atoms with Gasteiger partial charge in [0.25, 0.3) is 0 Å². The summed E-state index contributed by atoms with van der Waals surface area (Å²) in [6.45, 7) is 20.6. The molecule has 0 saturated carbocycles. The summed E-state index contributed by atoms with van der Waals surface area (Å²) in [5, 5.41) is 10.5. The second-order valence-corrected chi connectivity index (χ2v) is 4.60. The average molecular weight is 236 g/mol. The van der Waals surface area contributed by atoms with E-state index in [4.69, 9.17) is 4.74 Å². The van der Waals surface area contributed by atoms with Crippen molar-refractivity contribution >= 4 is 0 Å². The lowest BCUT2D eigenvalue weighted by molar-refractivity contribution is 0.0813. The van der Waals surface area contributed by atoms with Gasteiger partial charge in [-0.2, -0.15) is 0 Å². The van der Waals surface area contributed by atoms with Crippen molar-refractivity contribution < 1.29 is 9.84 Å². The third kappa shape index (κ3) is 4.23. The van der Waals surface area contributed by atoms with Crippen LogP contribution in [0.5, 0.6) is 0 Å². The van der Waals surface area contributed by atoms with E-state index in [2.05, 4.69) is 26.3 Å². The third-order valence-corrected chi connectivity index (χ3v) is 2.99. The maximum Gasteiger partial charge on any atom is 0.118 e. The Morgan fingerprint density at radius 2 is 1.71 bits per heavy atom. The molecule has 0 aliphatic carbocycles. The second kappa shape index (κ2) is 6.45. The van der Waals surface area contributed by atoms with Crippen LogP contribution in [0.25, 0.3) is 0 Å². The molecule has 0 rings (SSSR count). The van der Waals surface area contributed by atoms with Crippen LogP contribution >= 0.6 is 0 Å². The van der Waals surface area contributed by atoms with Crippen molar-refractivity contribution in [1.29, 1.82) is 0 Å². The molecule has 0 spiro atoms. The van der Waals surface area contributed by atoms with Crippen molar-refractivity contribution in [1.82, 2.24) is 0 Å². The summed E-state index contributed by atoms with van der Waals surface area (Å²) in [6, 6.07) is 0. The third-order valence-electron chi connectivity index (χ3n) is 2.99. The normalized spacial score (nSPS) is 12.7. The maximum atomic E-state index is 10.5. The molecule has 0 aliphatic rings. The Labute approximate surface area is 105 Å². The zero-order valence-electron chi connectivity index (χ0n) is 11.3. The lowest BCUT2D eigenvalue weighted by atomic mass is 9.83. The zero-order valence-corrected chi connectivity index (χ0v) is 11.3. The zero-order chi connectivity index (χ0) is 13.6. The first-order chi connectivity index (χ1) is 7.75. The Morgan fingerprint density at radius 3 is 2.00 bits per heavy atom. The van der Waals surface area contributed by atoms with E-state index in [1.807, 2.05) is 6.92 Å². The van der Waals surface area contributed by atoms with Crippen molar-refractivity contribution in [2.75, 3.05) is 0 Å². The quantitative estimate of drug-likeness (QED) is 0.513. The monoisotopic (exact) mass is 236 g/mol. The number of hydrogen-bond donors (Lipinski definition) is 1. The van der Waals surface area contributed by atoms with Gasteiger partial charge in [-0.1, -0.05) is 26.3 Å². The van der Waals surface area contributed by atoms with Crippen LogP contribution in [0.4, 0.5) is 0 Å². The van der Waals surface area contributed by atoms with Gasteiger partial charge in [0.05, 0.1) is 6.26 Å². The van der Waals surface area contributed by atoms with Gasteiger partial charge in [0.15, 0.2) is 0 Å². The summed E-state index contributed by atoms with van der Waals surface area (Å²) in [5.41, 5.74) is 1.28. The van der Waals surface area contributed by atoms with Gasteiger partial charge in [0, 0.05) is 0 Å². The highest BCUT2D eigenvalue weighted by Gasteiger charge is 2.30. The van der Waals surface area contributed by atoms with Crippen molar-refractivity contribution in [3.05, 3.63) is 49.3 Å². The minimum atomic E-state index is -1.03. The van der Waals surface area contributed by atoms with Crippen LogP contribution in [0.1, 0.15) is 33.6 Å². The fraction of sp³-hybridized carbons (Fsp3) is 0.467. The van der Waals surface area contributed by atoms with Gasteiger partial charge in [0.2, 0.25) is 0 Å². The van der Waals surface area contributed by atoms with E-state index in [9.17, 15) is 5.11 Å². The fourth-order valence-corrected chi connectivity index (χ4v) is 1.68. The standard InChI is InChI=1S/C15H24O2/c1-8-17-14(11(2)3)9-10-15(16,12(4)5)13(6)7/h8,14,16H,1-2,4,6,9-10H2,3,5,7H3. The molecule has 0 heterocycles. The van der Waals surface area contributed by atoms with E-state index < -0.39 is 5.60 Å². The highest BCUT2D eigenvalue weighted by atomic mass is 16.5. The molecule has 0 aromatic rings. The van der Waals surface area contributed by atoms with Crippen LogP contribution in [0.3, 0.4) is 0 Å². The molecule has 17 heavy (non-hydrogen) atoms. The molecular formula is C15H24O2. The van der Waals surface area contributed by atoms with Gasteiger partial charge >= 0.3 is 0 Å². The van der Waals surface area contributed by atoms with E-state index in [1.165, 1.54) is 6.26 Å². The molecule has 1 unspecified atom stereocenters. The summed E-state index contributed by atoms with van der Waals surface area (Å²) in [5.74, 6) is 0. The molecule has 0 aliphatic heterocycles. The summed E-state index contributed by atoms with van der Waals surface area (Å²) < 4.78 is 5.35. The molecule has 0 bridgehead atoms. The number of aliphatic hydroxyl groups is 1. The topological polar surface area (TPSA) is 29.5 Å². The Bertz CT molecular complexity index is 312. The highest BCUT2D eigenvalue weighted by Crippen LogP contribution is 2.30. The minimum Gasteiger partial charge on any atom is -0.494 e. The first-order valence-corrected chi connectivity index (χ1v) is 5.71. The average Bonchev–Trinajstić information content (AvgIpc) is 2.22. The SMILES string of the molecule is C=COC(CCC(O)(C(=C)C)C(=C)C)C(=C)C. The van der Waals surface area contributed by atoms with E-state index >= 15 is 0 Å².